The minimum absolute atomic E-state index is 0.00651. The Morgan fingerprint density at radius 3 is 2.63 bits per heavy atom. The van der Waals surface area contributed by atoms with Gasteiger partial charge in [0.25, 0.3) is 0 Å². The van der Waals surface area contributed by atoms with Crippen molar-refractivity contribution in [2.45, 2.75) is 26.2 Å². The van der Waals surface area contributed by atoms with Gasteiger partial charge in [0.1, 0.15) is 0 Å². The van der Waals surface area contributed by atoms with Crippen LogP contribution in [0.5, 0.6) is 0 Å². The molecule has 0 radical (unpaired) electrons. The summed E-state index contributed by atoms with van der Waals surface area (Å²) in [4.78, 5) is 23.1. The van der Waals surface area contributed by atoms with Gasteiger partial charge in [0.05, 0.1) is 12.4 Å². The number of esters is 1. The summed E-state index contributed by atoms with van der Waals surface area (Å²) in [5.74, 6) is 1.13. The van der Waals surface area contributed by atoms with E-state index in [1.807, 2.05) is 18.2 Å². The second-order valence-corrected chi connectivity index (χ2v) is 5.27. The van der Waals surface area contributed by atoms with Gasteiger partial charge in [0.2, 0.25) is 0 Å². The minimum atomic E-state index is -0.234. The van der Waals surface area contributed by atoms with E-state index < -0.39 is 0 Å². The van der Waals surface area contributed by atoms with Crippen molar-refractivity contribution >= 4 is 23.5 Å². The molecule has 19 heavy (non-hydrogen) atoms. The summed E-state index contributed by atoms with van der Waals surface area (Å²) in [6, 6.07) is 9.05. The molecule has 0 atom stereocenters. The summed E-state index contributed by atoms with van der Waals surface area (Å²) in [7, 11) is 0. The highest BCUT2D eigenvalue weighted by Crippen LogP contribution is 2.06. The lowest BCUT2D eigenvalue weighted by molar-refractivity contribution is -0.140. The first kappa shape index (κ1) is 15.8. The molecule has 1 aromatic carbocycles. The third-order valence-corrected chi connectivity index (χ3v) is 3.57. The van der Waals surface area contributed by atoms with Gasteiger partial charge < -0.3 is 4.74 Å². The van der Waals surface area contributed by atoms with Crippen LogP contribution in [0.2, 0.25) is 0 Å². The lowest BCUT2D eigenvalue weighted by atomic mass is 10.1. The Kier molecular flexibility index (Phi) is 7.98. The molecule has 0 unspecified atom stereocenters. The molecule has 0 saturated carbocycles. The minimum Gasteiger partial charge on any atom is -0.465 e. The summed E-state index contributed by atoms with van der Waals surface area (Å²) in [5, 5.41) is 0. The zero-order chi connectivity index (χ0) is 13.9. The molecule has 3 nitrogen and oxygen atoms in total. The Balaban J connectivity index is 2.13. The second kappa shape index (κ2) is 9.62. The number of Topliss-reactive ketones (excluding diaryl/α,β-unsaturated/α-hetero) is 1. The number of unbranched alkanes of at least 4 members (excludes halogenated alkanes) is 1. The number of hydrogen-bond donors (Lipinski definition) is 0. The largest absolute Gasteiger partial charge is 0.465 e. The third-order valence-electron chi connectivity index (χ3n) is 2.55. The summed E-state index contributed by atoms with van der Waals surface area (Å²) >= 11 is 1.58. The molecule has 1 aromatic rings. The van der Waals surface area contributed by atoms with Gasteiger partial charge in [-0.2, -0.15) is 11.8 Å². The van der Waals surface area contributed by atoms with E-state index >= 15 is 0 Å². The van der Waals surface area contributed by atoms with E-state index in [1.165, 1.54) is 0 Å². The fraction of sp³-hybridized carbons (Fsp3) is 0.467. The second-order valence-electron chi connectivity index (χ2n) is 4.17. The SMILES string of the molecule is CCCCSCC(=O)OCCC(=O)c1ccccc1. The molecule has 0 aliphatic carbocycles. The lowest BCUT2D eigenvalue weighted by Crippen LogP contribution is -2.12. The Hall–Kier alpha value is -1.29. The Labute approximate surface area is 118 Å². The van der Waals surface area contributed by atoms with Crippen LogP contribution in [0.25, 0.3) is 0 Å². The van der Waals surface area contributed by atoms with Crippen molar-refractivity contribution in [3.63, 3.8) is 0 Å². The Morgan fingerprint density at radius 2 is 1.95 bits per heavy atom. The van der Waals surface area contributed by atoms with Crippen molar-refractivity contribution < 1.29 is 14.3 Å². The van der Waals surface area contributed by atoms with Crippen molar-refractivity contribution in [3.8, 4) is 0 Å². The third kappa shape index (κ3) is 7.01. The first-order valence-corrected chi connectivity index (χ1v) is 7.71. The molecule has 1 rings (SSSR count). The van der Waals surface area contributed by atoms with Gasteiger partial charge in [-0.3, -0.25) is 9.59 Å². The van der Waals surface area contributed by atoms with E-state index in [9.17, 15) is 9.59 Å². The van der Waals surface area contributed by atoms with E-state index in [0.29, 0.717) is 11.3 Å². The molecule has 0 spiro atoms. The van der Waals surface area contributed by atoms with Gasteiger partial charge in [0, 0.05) is 12.0 Å². The number of ketones is 1. The number of rotatable bonds is 9. The molecule has 0 N–H and O–H groups in total. The monoisotopic (exact) mass is 280 g/mol. The van der Waals surface area contributed by atoms with Crippen LogP contribution >= 0.6 is 11.8 Å². The molecule has 0 aliphatic heterocycles. The van der Waals surface area contributed by atoms with Gasteiger partial charge >= 0.3 is 5.97 Å². The van der Waals surface area contributed by atoms with E-state index in [4.69, 9.17) is 4.74 Å². The standard InChI is InChI=1S/C15H20O3S/c1-2-3-11-19-12-15(17)18-10-9-14(16)13-7-5-4-6-8-13/h4-8H,2-3,9-12H2,1H3. The molecule has 0 aliphatic rings. The van der Waals surface area contributed by atoms with Crippen LogP contribution in [-0.2, 0) is 9.53 Å². The van der Waals surface area contributed by atoms with E-state index in [0.717, 1.165) is 18.6 Å². The van der Waals surface area contributed by atoms with E-state index in [1.54, 1.807) is 23.9 Å². The van der Waals surface area contributed by atoms with Crippen LogP contribution in [0.3, 0.4) is 0 Å². The zero-order valence-corrected chi connectivity index (χ0v) is 12.1. The molecule has 104 valence electrons. The van der Waals surface area contributed by atoms with E-state index in [-0.39, 0.29) is 24.8 Å². The highest BCUT2D eigenvalue weighted by atomic mass is 32.2. The quantitative estimate of drug-likeness (QED) is 0.395. The molecule has 0 heterocycles. The van der Waals surface area contributed by atoms with Gasteiger partial charge in [0.15, 0.2) is 5.78 Å². The van der Waals surface area contributed by atoms with Crippen LogP contribution in [0, 0.1) is 0 Å². The average Bonchev–Trinajstić information content (AvgIpc) is 2.44. The number of carbonyl (C=O) groups is 2. The number of thioether (sulfide) groups is 1. The predicted molar refractivity (Wildman–Crippen MR) is 78.6 cm³/mol. The predicted octanol–water partition coefficient (Wildman–Crippen LogP) is 3.34. The fourth-order valence-corrected chi connectivity index (χ4v) is 2.36. The topological polar surface area (TPSA) is 43.4 Å². The van der Waals surface area contributed by atoms with Crippen LogP contribution in [0.15, 0.2) is 30.3 Å². The fourth-order valence-electron chi connectivity index (χ4n) is 1.47. The Bertz CT molecular complexity index is 390. The molecular formula is C15H20O3S. The van der Waals surface area contributed by atoms with Gasteiger partial charge in [-0.15, -0.1) is 0 Å². The highest BCUT2D eigenvalue weighted by Gasteiger charge is 2.07. The molecule has 0 aromatic heterocycles. The zero-order valence-electron chi connectivity index (χ0n) is 11.3. The number of ether oxygens (including phenoxy) is 1. The number of carbonyl (C=O) groups excluding carboxylic acids is 2. The van der Waals surface area contributed by atoms with Crippen molar-refractivity contribution in [1.82, 2.24) is 0 Å². The van der Waals surface area contributed by atoms with E-state index in [2.05, 4.69) is 6.92 Å². The maximum Gasteiger partial charge on any atom is 0.315 e. The lowest BCUT2D eigenvalue weighted by Gasteiger charge is -2.04. The summed E-state index contributed by atoms with van der Waals surface area (Å²) in [6.07, 6.45) is 2.49. The van der Waals surface area contributed by atoms with Crippen LogP contribution in [-0.4, -0.2) is 29.9 Å². The first-order valence-electron chi connectivity index (χ1n) is 6.55. The highest BCUT2D eigenvalue weighted by molar-refractivity contribution is 7.99. The van der Waals surface area contributed by atoms with Gasteiger partial charge in [-0.25, -0.2) is 0 Å². The molecule has 0 fully saturated rings. The Morgan fingerprint density at radius 1 is 1.21 bits per heavy atom. The molecule has 0 amide bonds. The molecule has 0 saturated heterocycles. The average molecular weight is 280 g/mol. The van der Waals surface area contributed by atoms with Crippen LogP contribution in [0.1, 0.15) is 36.5 Å². The molecule has 4 heteroatoms. The first-order chi connectivity index (χ1) is 9.24. The number of hydrogen-bond acceptors (Lipinski definition) is 4. The maximum atomic E-state index is 11.7. The maximum absolute atomic E-state index is 11.7. The normalized spacial score (nSPS) is 10.2. The number of benzene rings is 1. The molecular weight excluding hydrogens is 260 g/mol. The smallest absolute Gasteiger partial charge is 0.315 e. The van der Waals surface area contributed by atoms with Crippen molar-refractivity contribution in [2.75, 3.05) is 18.1 Å². The summed E-state index contributed by atoms with van der Waals surface area (Å²) in [5.41, 5.74) is 0.663. The van der Waals surface area contributed by atoms with Gasteiger partial charge in [-0.05, 0) is 12.2 Å². The summed E-state index contributed by atoms with van der Waals surface area (Å²) in [6.45, 7) is 2.29. The van der Waals surface area contributed by atoms with Crippen molar-refractivity contribution in [1.29, 1.82) is 0 Å². The molecule has 0 bridgehead atoms. The summed E-state index contributed by atoms with van der Waals surface area (Å²) < 4.78 is 5.03. The van der Waals surface area contributed by atoms with Crippen LogP contribution in [0.4, 0.5) is 0 Å². The van der Waals surface area contributed by atoms with Crippen molar-refractivity contribution in [3.05, 3.63) is 35.9 Å². The van der Waals surface area contributed by atoms with Crippen molar-refractivity contribution in [2.24, 2.45) is 0 Å². The van der Waals surface area contributed by atoms with Crippen LogP contribution < -0.4 is 0 Å². The van der Waals surface area contributed by atoms with Gasteiger partial charge in [-0.1, -0.05) is 43.7 Å².